The molecule has 0 spiro atoms. The lowest BCUT2D eigenvalue weighted by Gasteiger charge is -2.32. The summed E-state index contributed by atoms with van der Waals surface area (Å²) in [7, 11) is 0. The monoisotopic (exact) mass is 397 g/mol. The molecule has 3 rings (SSSR count). The molecule has 2 aromatic carbocycles. The highest BCUT2D eigenvalue weighted by Crippen LogP contribution is 2.18. The fourth-order valence-corrected chi connectivity index (χ4v) is 3.77. The third-order valence-corrected chi connectivity index (χ3v) is 5.55. The SMILES string of the molecule is O=C(NCC1CCN(Cc2ccccc2)CC1)c1cccc(CCC(O)NO)c1. The van der Waals surface area contributed by atoms with Crippen molar-refractivity contribution >= 4 is 5.91 Å². The van der Waals surface area contributed by atoms with E-state index in [2.05, 4.69) is 34.5 Å². The van der Waals surface area contributed by atoms with Gasteiger partial charge in [-0.2, -0.15) is 5.48 Å². The van der Waals surface area contributed by atoms with Crippen molar-refractivity contribution in [2.45, 2.75) is 38.5 Å². The molecule has 1 unspecified atom stereocenters. The number of hydrogen-bond acceptors (Lipinski definition) is 5. The number of nitrogens with one attached hydrogen (secondary N) is 2. The Bertz CT molecular complexity index is 761. The van der Waals surface area contributed by atoms with Gasteiger partial charge in [-0.15, -0.1) is 0 Å². The zero-order chi connectivity index (χ0) is 20.5. The summed E-state index contributed by atoms with van der Waals surface area (Å²) in [6, 6.07) is 18.0. The van der Waals surface area contributed by atoms with Gasteiger partial charge >= 0.3 is 0 Å². The predicted molar refractivity (Wildman–Crippen MR) is 112 cm³/mol. The van der Waals surface area contributed by atoms with Gasteiger partial charge in [0, 0.05) is 18.7 Å². The maximum Gasteiger partial charge on any atom is 0.251 e. The lowest BCUT2D eigenvalue weighted by atomic mass is 9.96. The lowest BCUT2D eigenvalue weighted by molar-refractivity contribution is -0.00230. The van der Waals surface area contributed by atoms with E-state index in [1.54, 1.807) is 0 Å². The summed E-state index contributed by atoms with van der Waals surface area (Å²) in [4.78, 5) is 15.0. The second-order valence-electron chi connectivity index (χ2n) is 7.80. The fourth-order valence-electron chi connectivity index (χ4n) is 3.77. The number of carbonyl (C=O) groups excluding carboxylic acids is 1. The summed E-state index contributed by atoms with van der Waals surface area (Å²) >= 11 is 0. The van der Waals surface area contributed by atoms with E-state index in [4.69, 9.17) is 5.21 Å². The molecule has 6 heteroatoms. The van der Waals surface area contributed by atoms with Crippen LogP contribution in [0.1, 0.15) is 40.7 Å². The first-order valence-electron chi connectivity index (χ1n) is 10.3. The normalized spacial score (nSPS) is 16.5. The molecule has 1 heterocycles. The fraction of sp³-hybridized carbons (Fsp3) is 0.435. The molecular formula is C23H31N3O3. The number of nitrogens with zero attached hydrogens (tertiary/aromatic N) is 1. The summed E-state index contributed by atoms with van der Waals surface area (Å²) in [5.74, 6) is 0.458. The van der Waals surface area contributed by atoms with Crippen LogP contribution in [-0.4, -0.2) is 47.0 Å². The van der Waals surface area contributed by atoms with Crippen molar-refractivity contribution < 1.29 is 15.1 Å². The summed E-state index contributed by atoms with van der Waals surface area (Å²) in [5, 5.41) is 21.1. The Morgan fingerprint density at radius 1 is 1.07 bits per heavy atom. The number of aryl methyl sites for hydroxylation is 1. The minimum absolute atomic E-state index is 0.0561. The van der Waals surface area contributed by atoms with E-state index in [0.29, 0.717) is 30.9 Å². The number of piperidine rings is 1. The third kappa shape index (κ3) is 6.94. The molecule has 0 aromatic heterocycles. The Labute approximate surface area is 172 Å². The van der Waals surface area contributed by atoms with E-state index in [1.807, 2.05) is 35.8 Å². The van der Waals surface area contributed by atoms with E-state index in [1.165, 1.54) is 5.56 Å². The zero-order valence-electron chi connectivity index (χ0n) is 16.8. The van der Waals surface area contributed by atoms with Gasteiger partial charge in [0.25, 0.3) is 5.91 Å². The number of carbonyl (C=O) groups is 1. The highest BCUT2D eigenvalue weighted by Gasteiger charge is 2.20. The van der Waals surface area contributed by atoms with Gasteiger partial charge in [0.1, 0.15) is 6.23 Å². The smallest absolute Gasteiger partial charge is 0.251 e. The van der Waals surface area contributed by atoms with Gasteiger partial charge in [-0.05, 0) is 68.0 Å². The van der Waals surface area contributed by atoms with Crippen molar-refractivity contribution in [3.05, 3.63) is 71.3 Å². The van der Waals surface area contributed by atoms with Crippen LogP contribution in [0.4, 0.5) is 0 Å². The number of aliphatic hydroxyl groups excluding tert-OH is 1. The van der Waals surface area contributed by atoms with E-state index >= 15 is 0 Å². The molecule has 1 saturated heterocycles. The molecule has 1 amide bonds. The Morgan fingerprint density at radius 3 is 2.52 bits per heavy atom. The molecular weight excluding hydrogens is 366 g/mol. The topological polar surface area (TPSA) is 84.8 Å². The zero-order valence-corrected chi connectivity index (χ0v) is 16.8. The molecule has 29 heavy (non-hydrogen) atoms. The first-order chi connectivity index (χ1) is 14.1. The van der Waals surface area contributed by atoms with Gasteiger partial charge < -0.3 is 15.6 Å². The molecule has 2 aromatic rings. The van der Waals surface area contributed by atoms with Gasteiger partial charge in [-0.1, -0.05) is 42.5 Å². The number of benzene rings is 2. The highest BCUT2D eigenvalue weighted by atomic mass is 16.5. The predicted octanol–water partition coefficient (Wildman–Crippen LogP) is 2.56. The molecule has 0 aliphatic carbocycles. The van der Waals surface area contributed by atoms with Gasteiger partial charge in [-0.25, -0.2) is 0 Å². The average Bonchev–Trinajstić information content (AvgIpc) is 2.77. The number of hydrogen-bond donors (Lipinski definition) is 4. The molecule has 0 bridgehead atoms. The van der Waals surface area contributed by atoms with E-state index in [0.717, 1.165) is 38.0 Å². The summed E-state index contributed by atoms with van der Waals surface area (Å²) in [5.41, 5.74) is 4.76. The second kappa shape index (κ2) is 11.1. The van der Waals surface area contributed by atoms with Gasteiger partial charge in [0.05, 0.1) is 0 Å². The minimum Gasteiger partial charge on any atom is -0.377 e. The lowest BCUT2D eigenvalue weighted by Crippen LogP contribution is -2.38. The summed E-state index contributed by atoms with van der Waals surface area (Å²) < 4.78 is 0. The Hall–Kier alpha value is -2.25. The van der Waals surface area contributed by atoms with E-state index < -0.39 is 6.23 Å². The Morgan fingerprint density at radius 2 is 1.79 bits per heavy atom. The molecule has 0 radical (unpaired) electrons. The number of hydroxylamine groups is 1. The number of rotatable bonds is 9. The van der Waals surface area contributed by atoms with Gasteiger partial charge in [-0.3, -0.25) is 9.69 Å². The first kappa shape index (κ1) is 21.5. The molecule has 6 nitrogen and oxygen atoms in total. The van der Waals surface area contributed by atoms with Crippen LogP contribution in [0.5, 0.6) is 0 Å². The quantitative estimate of drug-likeness (QED) is 0.386. The van der Waals surface area contributed by atoms with Crippen LogP contribution < -0.4 is 10.8 Å². The summed E-state index contributed by atoms with van der Waals surface area (Å²) in [6.07, 6.45) is 2.19. The van der Waals surface area contributed by atoms with Crippen LogP contribution in [-0.2, 0) is 13.0 Å². The van der Waals surface area contributed by atoms with Crippen molar-refractivity contribution in [3.63, 3.8) is 0 Å². The van der Waals surface area contributed by atoms with Crippen LogP contribution in [0.3, 0.4) is 0 Å². The standard InChI is InChI=1S/C23H31N3O3/c27-22(25-29)10-9-18-7-4-8-21(15-18)23(28)24-16-19-11-13-26(14-12-19)17-20-5-2-1-3-6-20/h1-8,15,19,22,25,27,29H,9-14,16-17H2,(H,24,28). The highest BCUT2D eigenvalue weighted by molar-refractivity contribution is 5.94. The van der Waals surface area contributed by atoms with Gasteiger partial charge in [0.2, 0.25) is 0 Å². The van der Waals surface area contributed by atoms with Crippen molar-refractivity contribution in [1.82, 2.24) is 15.7 Å². The largest absolute Gasteiger partial charge is 0.377 e. The molecule has 0 saturated carbocycles. The molecule has 156 valence electrons. The number of likely N-dealkylation sites (tertiary alicyclic amines) is 1. The summed E-state index contributed by atoms with van der Waals surface area (Å²) in [6.45, 7) is 3.82. The Kier molecular flexibility index (Phi) is 8.19. The van der Waals surface area contributed by atoms with Crippen molar-refractivity contribution in [3.8, 4) is 0 Å². The second-order valence-corrected chi connectivity index (χ2v) is 7.80. The van der Waals surface area contributed by atoms with Gasteiger partial charge in [0.15, 0.2) is 0 Å². The maximum absolute atomic E-state index is 12.5. The molecule has 1 fully saturated rings. The van der Waals surface area contributed by atoms with Crippen molar-refractivity contribution in [1.29, 1.82) is 0 Å². The van der Waals surface area contributed by atoms with E-state index in [-0.39, 0.29) is 5.91 Å². The van der Waals surface area contributed by atoms with E-state index in [9.17, 15) is 9.90 Å². The molecule has 1 aliphatic rings. The molecule has 4 N–H and O–H groups in total. The first-order valence-corrected chi connectivity index (χ1v) is 10.3. The maximum atomic E-state index is 12.5. The van der Waals surface area contributed by atoms with Crippen molar-refractivity contribution in [2.75, 3.05) is 19.6 Å². The Balaban J connectivity index is 1.41. The molecule has 1 aliphatic heterocycles. The van der Waals surface area contributed by atoms with Crippen LogP contribution in [0.2, 0.25) is 0 Å². The van der Waals surface area contributed by atoms with Crippen LogP contribution in [0.25, 0.3) is 0 Å². The van der Waals surface area contributed by atoms with Crippen LogP contribution in [0, 0.1) is 5.92 Å². The molecule has 1 atom stereocenters. The minimum atomic E-state index is -0.958. The average molecular weight is 398 g/mol. The van der Waals surface area contributed by atoms with Crippen LogP contribution >= 0.6 is 0 Å². The van der Waals surface area contributed by atoms with Crippen molar-refractivity contribution in [2.24, 2.45) is 5.92 Å². The number of amides is 1. The number of aliphatic hydroxyl groups is 1. The van der Waals surface area contributed by atoms with Crippen LogP contribution in [0.15, 0.2) is 54.6 Å². The third-order valence-electron chi connectivity index (χ3n) is 5.55.